The number of hydrogen-bond donors (Lipinski definition) is 2. The number of carbonyl (C=O) groups excluding carboxylic acids is 2. The highest BCUT2D eigenvalue weighted by Gasteiger charge is 2.31. The van der Waals surface area contributed by atoms with Gasteiger partial charge in [0.1, 0.15) is 11.6 Å². The Bertz CT molecular complexity index is 846. The van der Waals surface area contributed by atoms with Crippen LogP contribution in [0.2, 0.25) is 0 Å². The summed E-state index contributed by atoms with van der Waals surface area (Å²) in [6, 6.07) is 8.92. The molecule has 2 N–H and O–H groups in total. The number of nitrogens with one attached hydrogen (secondary N) is 2. The number of aromatic nitrogens is 1. The lowest BCUT2D eigenvalue weighted by atomic mass is 9.96. The molecule has 8 heteroatoms. The summed E-state index contributed by atoms with van der Waals surface area (Å²) in [7, 11) is 0. The maximum atomic E-state index is 13.3. The minimum atomic E-state index is -0.426. The van der Waals surface area contributed by atoms with Gasteiger partial charge in [0.25, 0.3) is 0 Å². The molecule has 2 aromatic rings. The van der Waals surface area contributed by atoms with E-state index in [2.05, 4.69) is 31.5 Å². The molecule has 148 valence electrons. The molecule has 1 aromatic heterocycles. The minimum Gasteiger partial charge on any atom is -0.325 e. The number of carbonyl (C=O) groups is 2. The lowest BCUT2D eigenvalue weighted by Crippen LogP contribution is -2.49. The fourth-order valence-electron chi connectivity index (χ4n) is 3.23. The molecule has 0 radical (unpaired) electrons. The monoisotopic (exact) mass is 448 g/mol. The van der Waals surface area contributed by atoms with E-state index in [0.29, 0.717) is 18.1 Å². The van der Waals surface area contributed by atoms with Crippen LogP contribution >= 0.6 is 15.9 Å². The van der Waals surface area contributed by atoms with Gasteiger partial charge in [0.2, 0.25) is 11.8 Å². The Balaban J connectivity index is 1.57. The zero-order valence-electron chi connectivity index (χ0n) is 15.5. The van der Waals surface area contributed by atoms with E-state index in [-0.39, 0.29) is 17.7 Å². The quantitative estimate of drug-likeness (QED) is 0.731. The Morgan fingerprint density at radius 3 is 2.82 bits per heavy atom. The number of likely N-dealkylation sites (tertiary alicyclic amines) is 1. The average molecular weight is 449 g/mol. The van der Waals surface area contributed by atoms with Crippen LogP contribution in [0.5, 0.6) is 0 Å². The summed E-state index contributed by atoms with van der Waals surface area (Å²) in [6.07, 6.45) is 3.21. The van der Waals surface area contributed by atoms with Gasteiger partial charge in [-0.2, -0.15) is 0 Å². The molecule has 2 amide bonds. The zero-order valence-corrected chi connectivity index (χ0v) is 17.1. The molecule has 2 atom stereocenters. The Hall–Kier alpha value is -2.32. The number of amides is 2. The molecule has 2 unspecified atom stereocenters. The van der Waals surface area contributed by atoms with Crippen molar-refractivity contribution in [3.8, 4) is 0 Å². The standard InChI is InChI=1S/C20H22BrFN4O2/c1-13(19(27)24-17-6-2-5-16(22)10-17)26-9-3-4-14(12-26)20(28)25-18-8-7-15(21)11-23-18/h2,5-8,10-11,13-14H,3-4,9,12H2,1H3,(H,24,27)(H,23,25,28). The summed E-state index contributed by atoms with van der Waals surface area (Å²) in [5.41, 5.74) is 0.421. The molecule has 0 saturated carbocycles. The second kappa shape index (κ2) is 9.25. The number of halogens is 2. The Morgan fingerprint density at radius 2 is 2.11 bits per heavy atom. The predicted octanol–water partition coefficient (Wildman–Crippen LogP) is 3.66. The highest BCUT2D eigenvalue weighted by molar-refractivity contribution is 9.10. The molecule has 0 aliphatic carbocycles. The van der Waals surface area contributed by atoms with Gasteiger partial charge in [-0.1, -0.05) is 6.07 Å². The van der Waals surface area contributed by atoms with Crippen LogP contribution in [-0.4, -0.2) is 40.8 Å². The summed E-state index contributed by atoms with van der Waals surface area (Å²) < 4.78 is 14.1. The van der Waals surface area contributed by atoms with E-state index in [9.17, 15) is 14.0 Å². The number of piperidine rings is 1. The average Bonchev–Trinajstić information content (AvgIpc) is 2.69. The lowest BCUT2D eigenvalue weighted by molar-refractivity contribution is -0.125. The molecular weight excluding hydrogens is 427 g/mol. The third-order valence-electron chi connectivity index (χ3n) is 4.82. The van der Waals surface area contributed by atoms with E-state index in [1.165, 1.54) is 12.1 Å². The van der Waals surface area contributed by atoms with Crippen LogP contribution in [0.15, 0.2) is 47.1 Å². The molecule has 0 bridgehead atoms. The van der Waals surface area contributed by atoms with Crippen LogP contribution in [0.1, 0.15) is 19.8 Å². The van der Waals surface area contributed by atoms with Crippen molar-refractivity contribution < 1.29 is 14.0 Å². The van der Waals surface area contributed by atoms with Gasteiger partial charge in [-0.3, -0.25) is 14.5 Å². The second-order valence-corrected chi connectivity index (χ2v) is 7.78. The number of anilines is 2. The van der Waals surface area contributed by atoms with Crippen molar-refractivity contribution in [2.24, 2.45) is 5.92 Å². The highest BCUT2D eigenvalue weighted by atomic mass is 79.9. The summed E-state index contributed by atoms with van der Waals surface area (Å²) in [5, 5.41) is 5.57. The van der Waals surface area contributed by atoms with E-state index in [1.807, 2.05) is 11.0 Å². The van der Waals surface area contributed by atoms with E-state index in [1.54, 1.807) is 31.3 Å². The van der Waals surface area contributed by atoms with Gasteiger partial charge in [-0.25, -0.2) is 9.37 Å². The van der Waals surface area contributed by atoms with E-state index in [4.69, 9.17) is 0 Å². The molecule has 28 heavy (non-hydrogen) atoms. The molecule has 1 aliphatic rings. The van der Waals surface area contributed by atoms with Crippen molar-refractivity contribution >= 4 is 39.2 Å². The maximum Gasteiger partial charge on any atom is 0.241 e. The molecular formula is C20H22BrFN4O2. The highest BCUT2D eigenvalue weighted by Crippen LogP contribution is 2.21. The van der Waals surface area contributed by atoms with E-state index < -0.39 is 11.9 Å². The number of benzene rings is 1. The minimum absolute atomic E-state index is 0.0998. The van der Waals surface area contributed by atoms with Gasteiger partial charge >= 0.3 is 0 Å². The van der Waals surface area contributed by atoms with Crippen LogP contribution in [0, 0.1) is 11.7 Å². The van der Waals surface area contributed by atoms with Gasteiger partial charge in [0.05, 0.1) is 12.0 Å². The maximum absolute atomic E-state index is 13.3. The molecule has 2 heterocycles. The van der Waals surface area contributed by atoms with Gasteiger partial charge < -0.3 is 10.6 Å². The summed E-state index contributed by atoms with van der Waals surface area (Å²) >= 11 is 3.31. The first-order valence-electron chi connectivity index (χ1n) is 9.15. The Labute approximate surface area is 171 Å². The van der Waals surface area contributed by atoms with Crippen LogP contribution in [0.4, 0.5) is 15.9 Å². The molecule has 3 rings (SSSR count). The predicted molar refractivity (Wildman–Crippen MR) is 109 cm³/mol. The van der Waals surface area contributed by atoms with Crippen molar-refractivity contribution in [2.75, 3.05) is 23.7 Å². The molecule has 0 spiro atoms. The Kier molecular flexibility index (Phi) is 6.74. The fraction of sp³-hybridized carbons (Fsp3) is 0.350. The number of hydrogen-bond acceptors (Lipinski definition) is 4. The number of pyridine rings is 1. The second-order valence-electron chi connectivity index (χ2n) is 6.86. The van der Waals surface area contributed by atoms with Crippen LogP contribution in [0.3, 0.4) is 0 Å². The first kappa shape index (κ1) is 20.4. The summed E-state index contributed by atoms with van der Waals surface area (Å²) in [5.74, 6) is -0.439. The lowest BCUT2D eigenvalue weighted by Gasteiger charge is -2.35. The molecule has 1 aliphatic heterocycles. The number of nitrogens with zero attached hydrogens (tertiary/aromatic N) is 2. The number of rotatable bonds is 5. The SMILES string of the molecule is CC(C(=O)Nc1cccc(F)c1)N1CCCC(C(=O)Nc2ccc(Br)cn2)C1. The van der Waals surface area contributed by atoms with Gasteiger partial charge in [0.15, 0.2) is 0 Å². The van der Waals surface area contributed by atoms with Crippen molar-refractivity contribution in [3.05, 3.63) is 52.9 Å². The normalized spacial score (nSPS) is 18.3. The van der Waals surface area contributed by atoms with Crippen molar-refractivity contribution in [2.45, 2.75) is 25.8 Å². The van der Waals surface area contributed by atoms with Crippen molar-refractivity contribution in [1.29, 1.82) is 0 Å². The molecule has 1 fully saturated rings. The van der Waals surface area contributed by atoms with Gasteiger partial charge in [-0.15, -0.1) is 0 Å². The zero-order chi connectivity index (χ0) is 20.1. The summed E-state index contributed by atoms with van der Waals surface area (Å²) in [6.45, 7) is 3.02. The first-order valence-corrected chi connectivity index (χ1v) is 9.94. The van der Waals surface area contributed by atoms with Crippen LogP contribution in [-0.2, 0) is 9.59 Å². The van der Waals surface area contributed by atoms with Crippen molar-refractivity contribution in [3.63, 3.8) is 0 Å². The van der Waals surface area contributed by atoms with Gasteiger partial charge in [-0.05, 0) is 72.6 Å². The molecule has 6 nitrogen and oxygen atoms in total. The molecule has 1 saturated heterocycles. The first-order chi connectivity index (χ1) is 13.4. The third-order valence-corrected chi connectivity index (χ3v) is 5.29. The van der Waals surface area contributed by atoms with Crippen LogP contribution < -0.4 is 10.6 Å². The fourth-order valence-corrected chi connectivity index (χ4v) is 3.46. The third kappa shape index (κ3) is 5.36. The largest absolute Gasteiger partial charge is 0.325 e. The van der Waals surface area contributed by atoms with E-state index >= 15 is 0 Å². The van der Waals surface area contributed by atoms with Crippen molar-refractivity contribution in [1.82, 2.24) is 9.88 Å². The van der Waals surface area contributed by atoms with Crippen LogP contribution in [0.25, 0.3) is 0 Å². The smallest absolute Gasteiger partial charge is 0.241 e. The van der Waals surface area contributed by atoms with Gasteiger partial charge in [0, 0.05) is 22.9 Å². The van der Waals surface area contributed by atoms with E-state index in [0.717, 1.165) is 23.9 Å². The topological polar surface area (TPSA) is 74.3 Å². The molecule has 1 aromatic carbocycles. The summed E-state index contributed by atoms with van der Waals surface area (Å²) in [4.78, 5) is 31.3. The Morgan fingerprint density at radius 1 is 1.29 bits per heavy atom.